The van der Waals surface area contributed by atoms with Crippen LogP contribution in [0, 0.1) is 13.8 Å². The molecule has 2 aromatic heterocycles. The minimum absolute atomic E-state index is 0.235. The van der Waals surface area contributed by atoms with Crippen molar-refractivity contribution >= 4 is 17.8 Å². The molecule has 0 spiro atoms. The minimum Gasteiger partial charge on any atom is -0.507 e. The number of phenols is 1. The second-order valence-corrected chi connectivity index (χ2v) is 6.21. The van der Waals surface area contributed by atoms with Gasteiger partial charge in [0.2, 0.25) is 0 Å². The first-order valence-electron chi connectivity index (χ1n) is 8.09. The lowest BCUT2D eigenvalue weighted by Crippen LogP contribution is -2.20. The van der Waals surface area contributed by atoms with E-state index in [0.29, 0.717) is 0 Å². The maximum Gasteiger partial charge on any atom is 0.144 e. The molecule has 0 saturated carbocycles. The van der Waals surface area contributed by atoms with E-state index in [1.807, 2.05) is 31.2 Å². The molecule has 0 bridgehead atoms. The number of aromatic amines is 2. The van der Waals surface area contributed by atoms with Gasteiger partial charge in [0.05, 0.1) is 28.9 Å². The Morgan fingerprint density at radius 2 is 2.00 bits per heavy atom. The van der Waals surface area contributed by atoms with Gasteiger partial charge in [0, 0.05) is 22.7 Å². The second kappa shape index (κ2) is 5.70. The molecule has 3 aromatic rings. The number of phenolic OH excluding ortho intramolecular Hbond substituents is 1. The third kappa shape index (κ3) is 2.63. The number of fused-ring (bicyclic) bond motifs is 1. The third-order valence-corrected chi connectivity index (χ3v) is 4.37. The maximum absolute atomic E-state index is 9.98. The van der Waals surface area contributed by atoms with Crippen molar-refractivity contribution in [3.63, 3.8) is 0 Å². The molecule has 4 rings (SSSR count). The van der Waals surface area contributed by atoms with Gasteiger partial charge in [-0.3, -0.25) is 0 Å². The van der Waals surface area contributed by atoms with Crippen LogP contribution in [0.3, 0.4) is 0 Å². The van der Waals surface area contributed by atoms with Gasteiger partial charge in [0.1, 0.15) is 11.5 Å². The van der Waals surface area contributed by atoms with Crippen molar-refractivity contribution in [3.05, 3.63) is 68.6 Å². The van der Waals surface area contributed by atoms with Crippen LogP contribution in [0.4, 0.5) is 0 Å². The highest BCUT2D eigenvalue weighted by molar-refractivity contribution is 5.77. The number of ether oxygens (including phenoxy) is 1. The average molecular weight is 333 g/mol. The Kier molecular flexibility index (Phi) is 3.50. The van der Waals surface area contributed by atoms with Gasteiger partial charge in [0.15, 0.2) is 0 Å². The summed E-state index contributed by atoms with van der Waals surface area (Å²) in [7, 11) is 1.65. The Morgan fingerprint density at radius 1 is 1.16 bits per heavy atom. The number of aromatic nitrogens is 2. The fourth-order valence-electron chi connectivity index (χ4n) is 3.13. The highest BCUT2D eigenvalue weighted by Gasteiger charge is 2.08. The Morgan fingerprint density at radius 3 is 2.68 bits per heavy atom. The molecule has 126 valence electrons. The number of benzene rings is 1. The van der Waals surface area contributed by atoms with Crippen LogP contribution in [-0.2, 0) is 0 Å². The molecule has 0 atom stereocenters. The summed E-state index contributed by atoms with van der Waals surface area (Å²) in [5, 5.41) is 13.2. The fraction of sp³-hybridized carbons (Fsp3) is 0.150. The lowest BCUT2D eigenvalue weighted by Gasteiger charge is -1.94. The largest absolute Gasteiger partial charge is 0.507 e. The van der Waals surface area contributed by atoms with Crippen molar-refractivity contribution < 1.29 is 9.84 Å². The highest BCUT2D eigenvalue weighted by atomic mass is 16.5. The van der Waals surface area contributed by atoms with Gasteiger partial charge in [-0.05, 0) is 49.8 Å². The van der Waals surface area contributed by atoms with Crippen molar-refractivity contribution in [1.29, 1.82) is 0 Å². The van der Waals surface area contributed by atoms with Crippen molar-refractivity contribution in [1.82, 2.24) is 9.97 Å². The molecule has 1 aromatic carbocycles. The highest BCUT2D eigenvalue weighted by Crippen LogP contribution is 2.11. The van der Waals surface area contributed by atoms with Gasteiger partial charge >= 0.3 is 0 Å². The normalized spacial score (nSPS) is 15.7. The molecule has 0 amide bonds. The van der Waals surface area contributed by atoms with Crippen molar-refractivity contribution in [2.45, 2.75) is 13.8 Å². The zero-order valence-electron chi connectivity index (χ0n) is 14.3. The van der Waals surface area contributed by atoms with E-state index in [2.05, 4.69) is 28.0 Å². The van der Waals surface area contributed by atoms with Crippen LogP contribution in [0.2, 0.25) is 0 Å². The second-order valence-electron chi connectivity index (χ2n) is 6.21. The van der Waals surface area contributed by atoms with E-state index in [-0.39, 0.29) is 5.75 Å². The molecule has 3 heterocycles. The monoisotopic (exact) mass is 333 g/mol. The molecule has 0 aliphatic carbocycles. The Bertz CT molecular complexity index is 1210. The third-order valence-electron chi connectivity index (χ3n) is 4.37. The topological polar surface area (TPSA) is 73.4 Å². The molecule has 0 saturated heterocycles. The van der Waals surface area contributed by atoms with Gasteiger partial charge in [0.25, 0.3) is 0 Å². The lowest BCUT2D eigenvalue weighted by molar-refractivity contribution is 0.412. The van der Waals surface area contributed by atoms with Gasteiger partial charge in [-0.25, -0.2) is 4.99 Å². The predicted molar refractivity (Wildman–Crippen MR) is 97.2 cm³/mol. The van der Waals surface area contributed by atoms with E-state index in [1.165, 1.54) is 5.56 Å². The number of rotatable bonds is 2. The fourth-order valence-corrected chi connectivity index (χ4v) is 3.13. The summed E-state index contributed by atoms with van der Waals surface area (Å²) in [4.78, 5) is 11.3. The zero-order valence-corrected chi connectivity index (χ0v) is 14.3. The molecule has 3 N–H and O–H groups in total. The Hall–Kier alpha value is -3.21. The van der Waals surface area contributed by atoms with Crippen LogP contribution in [0.5, 0.6) is 11.5 Å². The van der Waals surface area contributed by atoms with Crippen molar-refractivity contribution in [2.24, 2.45) is 4.99 Å². The lowest BCUT2D eigenvalue weighted by atomic mass is 10.2. The van der Waals surface area contributed by atoms with E-state index >= 15 is 0 Å². The first-order chi connectivity index (χ1) is 12.0. The smallest absolute Gasteiger partial charge is 0.144 e. The standard InChI is InChI=1S/C20H19N3O2/c1-11-7-12(2)21-15(11)9-18-20(25-3)10-17(23-18)16-8-13-14(22-16)5-4-6-19(13)24/h4-10,21,23-24H,1-3H3. The van der Waals surface area contributed by atoms with Crippen LogP contribution in [0.15, 0.2) is 35.3 Å². The summed E-state index contributed by atoms with van der Waals surface area (Å²) in [5.41, 5.74) is 4.11. The summed E-state index contributed by atoms with van der Waals surface area (Å²) in [5.74, 6) is 0.983. The summed E-state index contributed by atoms with van der Waals surface area (Å²) >= 11 is 0. The van der Waals surface area contributed by atoms with Crippen molar-refractivity contribution in [2.75, 3.05) is 7.11 Å². The first-order valence-corrected chi connectivity index (χ1v) is 8.09. The number of H-pyrrole nitrogens is 2. The van der Waals surface area contributed by atoms with Gasteiger partial charge in [-0.2, -0.15) is 0 Å². The summed E-state index contributed by atoms with van der Waals surface area (Å²) < 4.78 is 5.51. The predicted octanol–water partition coefficient (Wildman–Crippen LogP) is 0.725. The van der Waals surface area contributed by atoms with E-state index in [0.717, 1.165) is 44.1 Å². The molecule has 1 aliphatic heterocycles. The van der Waals surface area contributed by atoms with Crippen LogP contribution < -0.4 is 26.0 Å². The van der Waals surface area contributed by atoms with Gasteiger partial charge in [-0.1, -0.05) is 6.07 Å². The number of aryl methyl sites for hydroxylation is 2. The molecular formula is C20H19N3O2. The maximum atomic E-state index is 9.98. The Balaban J connectivity index is 1.94. The van der Waals surface area contributed by atoms with E-state index in [1.54, 1.807) is 19.2 Å². The number of methoxy groups -OCH3 is 1. The number of aromatic hydroxyl groups is 1. The van der Waals surface area contributed by atoms with Crippen LogP contribution in [0.25, 0.3) is 17.8 Å². The Labute approximate surface area is 144 Å². The summed E-state index contributed by atoms with van der Waals surface area (Å²) in [6.45, 7) is 4.10. The molecule has 25 heavy (non-hydrogen) atoms. The molecule has 5 heteroatoms. The number of nitrogens with one attached hydrogen (secondary N) is 2. The van der Waals surface area contributed by atoms with Crippen molar-refractivity contribution in [3.8, 4) is 11.5 Å². The van der Waals surface area contributed by atoms with Crippen LogP contribution in [-0.4, -0.2) is 22.2 Å². The molecule has 0 unspecified atom stereocenters. The quantitative estimate of drug-likeness (QED) is 0.647. The number of nitrogens with zero attached hydrogens (tertiary/aromatic N) is 1. The molecule has 0 radical (unpaired) electrons. The number of hydrogen-bond acceptors (Lipinski definition) is 3. The summed E-state index contributed by atoms with van der Waals surface area (Å²) in [6, 6.07) is 9.38. The van der Waals surface area contributed by atoms with Crippen LogP contribution >= 0.6 is 0 Å². The minimum atomic E-state index is 0.235. The number of hydrogen-bond donors (Lipinski definition) is 3. The molecular weight excluding hydrogens is 314 g/mol. The van der Waals surface area contributed by atoms with E-state index in [9.17, 15) is 5.11 Å². The molecule has 0 fully saturated rings. The average Bonchev–Trinajstić information content (AvgIpc) is 3.25. The van der Waals surface area contributed by atoms with Crippen LogP contribution in [0.1, 0.15) is 17.0 Å². The zero-order chi connectivity index (χ0) is 17.6. The summed E-state index contributed by atoms with van der Waals surface area (Å²) in [6.07, 6.45) is 3.91. The van der Waals surface area contributed by atoms with Gasteiger partial charge in [-0.15, -0.1) is 0 Å². The van der Waals surface area contributed by atoms with Gasteiger partial charge < -0.3 is 19.8 Å². The SMILES string of the molecule is COc1cc(=C2C=c3c(O)cccc3=N2)[nH]c1=Cc1[nH]c(C)cc1C. The van der Waals surface area contributed by atoms with E-state index < -0.39 is 0 Å². The first kappa shape index (κ1) is 15.3. The molecule has 5 nitrogen and oxygen atoms in total. The van der Waals surface area contributed by atoms with E-state index in [4.69, 9.17) is 4.74 Å². The molecule has 1 aliphatic rings.